The van der Waals surface area contributed by atoms with Gasteiger partial charge in [0.1, 0.15) is 0 Å². The zero-order chi connectivity index (χ0) is 9.84. The summed E-state index contributed by atoms with van der Waals surface area (Å²) in [5.41, 5.74) is 0. The summed E-state index contributed by atoms with van der Waals surface area (Å²) >= 11 is 0. The number of hydrogen-bond acceptors (Lipinski definition) is 3. The standard InChI is InChI=1S/C9H18N4/c1-7(2)5-9-10-12-13(11-9)6-8(3)4/h7-8H,5-6H2,1-4H3. The van der Waals surface area contributed by atoms with Crippen molar-refractivity contribution in [1.29, 1.82) is 0 Å². The third kappa shape index (κ3) is 3.53. The molecular formula is C9H18N4. The second-order valence-corrected chi connectivity index (χ2v) is 4.25. The maximum absolute atomic E-state index is 4.28. The van der Waals surface area contributed by atoms with E-state index in [2.05, 4.69) is 43.1 Å². The van der Waals surface area contributed by atoms with E-state index in [1.54, 1.807) is 4.80 Å². The van der Waals surface area contributed by atoms with E-state index in [0.717, 1.165) is 18.8 Å². The van der Waals surface area contributed by atoms with Crippen molar-refractivity contribution in [1.82, 2.24) is 20.2 Å². The van der Waals surface area contributed by atoms with Crippen LogP contribution in [0.1, 0.15) is 33.5 Å². The fourth-order valence-electron chi connectivity index (χ4n) is 1.13. The molecule has 0 aromatic carbocycles. The average molecular weight is 182 g/mol. The zero-order valence-corrected chi connectivity index (χ0v) is 8.86. The summed E-state index contributed by atoms with van der Waals surface area (Å²) in [6, 6.07) is 0. The van der Waals surface area contributed by atoms with E-state index < -0.39 is 0 Å². The zero-order valence-electron chi connectivity index (χ0n) is 8.86. The van der Waals surface area contributed by atoms with E-state index in [0.29, 0.717) is 11.8 Å². The minimum atomic E-state index is 0.570. The molecule has 0 aliphatic heterocycles. The SMILES string of the molecule is CC(C)Cc1nnn(CC(C)C)n1. The van der Waals surface area contributed by atoms with Crippen LogP contribution in [0.2, 0.25) is 0 Å². The minimum absolute atomic E-state index is 0.570. The minimum Gasteiger partial charge on any atom is -0.164 e. The Morgan fingerprint density at radius 1 is 1.15 bits per heavy atom. The summed E-state index contributed by atoms with van der Waals surface area (Å²) in [6.45, 7) is 9.45. The molecule has 0 spiro atoms. The second kappa shape index (κ2) is 4.35. The maximum atomic E-state index is 4.28. The largest absolute Gasteiger partial charge is 0.175 e. The Morgan fingerprint density at radius 3 is 2.38 bits per heavy atom. The molecule has 0 radical (unpaired) electrons. The predicted octanol–water partition coefficient (Wildman–Crippen LogP) is 1.53. The Kier molecular flexibility index (Phi) is 3.39. The monoisotopic (exact) mass is 182 g/mol. The number of rotatable bonds is 4. The van der Waals surface area contributed by atoms with Crippen molar-refractivity contribution in [2.24, 2.45) is 11.8 Å². The molecule has 1 rings (SSSR count). The number of aromatic nitrogens is 4. The van der Waals surface area contributed by atoms with Crippen LogP contribution in [0, 0.1) is 11.8 Å². The van der Waals surface area contributed by atoms with Crippen LogP contribution >= 0.6 is 0 Å². The first-order valence-corrected chi connectivity index (χ1v) is 4.84. The van der Waals surface area contributed by atoms with Gasteiger partial charge in [-0.25, -0.2) is 0 Å². The van der Waals surface area contributed by atoms with Crippen LogP contribution in [0.3, 0.4) is 0 Å². The fraction of sp³-hybridized carbons (Fsp3) is 0.889. The van der Waals surface area contributed by atoms with E-state index in [4.69, 9.17) is 0 Å². The topological polar surface area (TPSA) is 43.6 Å². The Bertz CT molecular complexity index is 227. The molecule has 0 saturated heterocycles. The summed E-state index contributed by atoms with van der Waals surface area (Å²) < 4.78 is 0. The fourth-order valence-corrected chi connectivity index (χ4v) is 1.13. The first kappa shape index (κ1) is 10.2. The Morgan fingerprint density at radius 2 is 1.85 bits per heavy atom. The molecule has 4 nitrogen and oxygen atoms in total. The van der Waals surface area contributed by atoms with Crippen molar-refractivity contribution in [3.05, 3.63) is 5.82 Å². The van der Waals surface area contributed by atoms with Gasteiger partial charge in [0.15, 0.2) is 5.82 Å². The third-order valence-corrected chi connectivity index (χ3v) is 1.61. The molecule has 0 unspecified atom stereocenters. The highest BCUT2D eigenvalue weighted by Crippen LogP contribution is 2.01. The molecule has 0 fully saturated rings. The third-order valence-electron chi connectivity index (χ3n) is 1.61. The van der Waals surface area contributed by atoms with Gasteiger partial charge >= 0.3 is 0 Å². The van der Waals surface area contributed by atoms with Gasteiger partial charge in [-0.1, -0.05) is 27.7 Å². The van der Waals surface area contributed by atoms with Gasteiger partial charge in [0, 0.05) is 6.42 Å². The lowest BCUT2D eigenvalue weighted by Gasteiger charge is -2.00. The van der Waals surface area contributed by atoms with Gasteiger partial charge in [-0.2, -0.15) is 4.80 Å². The average Bonchev–Trinajstić information content (AvgIpc) is 2.33. The van der Waals surface area contributed by atoms with Crippen LogP contribution in [0.5, 0.6) is 0 Å². The molecule has 0 bridgehead atoms. The van der Waals surface area contributed by atoms with Gasteiger partial charge in [-0.15, -0.1) is 10.2 Å². The molecule has 1 aromatic rings. The molecule has 74 valence electrons. The van der Waals surface area contributed by atoms with Crippen molar-refractivity contribution in [3.8, 4) is 0 Å². The normalized spacial score (nSPS) is 11.5. The molecule has 0 atom stereocenters. The molecule has 0 saturated carbocycles. The summed E-state index contributed by atoms with van der Waals surface area (Å²) in [5.74, 6) is 2.02. The second-order valence-electron chi connectivity index (χ2n) is 4.25. The first-order chi connectivity index (χ1) is 6.08. The molecule has 0 aliphatic carbocycles. The number of nitrogens with zero attached hydrogens (tertiary/aromatic N) is 4. The smallest absolute Gasteiger partial charge is 0.164 e. The Hall–Kier alpha value is -0.930. The quantitative estimate of drug-likeness (QED) is 0.709. The Balaban J connectivity index is 2.53. The molecule has 1 aromatic heterocycles. The van der Waals surface area contributed by atoms with Gasteiger partial charge in [0.05, 0.1) is 6.54 Å². The summed E-state index contributed by atoms with van der Waals surface area (Å²) in [4.78, 5) is 1.68. The lowest BCUT2D eigenvalue weighted by atomic mass is 10.1. The van der Waals surface area contributed by atoms with E-state index in [-0.39, 0.29) is 0 Å². The van der Waals surface area contributed by atoms with Crippen molar-refractivity contribution in [2.45, 2.75) is 40.7 Å². The molecule has 13 heavy (non-hydrogen) atoms. The maximum Gasteiger partial charge on any atom is 0.175 e. The molecule has 0 aliphatic rings. The summed E-state index contributed by atoms with van der Waals surface area (Å²) in [5, 5.41) is 12.3. The molecule has 0 N–H and O–H groups in total. The van der Waals surface area contributed by atoms with Gasteiger partial charge in [-0.3, -0.25) is 0 Å². The van der Waals surface area contributed by atoms with E-state index in [1.807, 2.05) is 0 Å². The summed E-state index contributed by atoms with van der Waals surface area (Å²) in [6.07, 6.45) is 0.915. The van der Waals surface area contributed by atoms with Crippen molar-refractivity contribution in [3.63, 3.8) is 0 Å². The van der Waals surface area contributed by atoms with Crippen LogP contribution in [0.4, 0.5) is 0 Å². The van der Waals surface area contributed by atoms with Crippen LogP contribution in [-0.4, -0.2) is 20.2 Å². The molecular weight excluding hydrogens is 164 g/mol. The van der Waals surface area contributed by atoms with Crippen molar-refractivity contribution >= 4 is 0 Å². The molecule has 0 amide bonds. The van der Waals surface area contributed by atoms with E-state index >= 15 is 0 Å². The number of tetrazole rings is 1. The molecule has 1 heterocycles. The van der Waals surface area contributed by atoms with Crippen LogP contribution in [0.25, 0.3) is 0 Å². The Labute approximate surface area is 79.3 Å². The van der Waals surface area contributed by atoms with Gasteiger partial charge in [0.25, 0.3) is 0 Å². The van der Waals surface area contributed by atoms with Crippen molar-refractivity contribution < 1.29 is 0 Å². The van der Waals surface area contributed by atoms with Crippen LogP contribution in [0.15, 0.2) is 0 Å². The lowest BCUT2D eigenvalue weighted by Crippen LogP contribution is -2.08. The molecule has 4 heteroatoms. The number of hydrogen-bond donors (Lipinski definition) is 0. The van der Waals surface area contributed by atoms with Crippen LogP contribution in [-0.2, 0) is 13.0 Å². The highest BCUT2D eigenvalue weighted by molar-refractivity contribution is 4.78. The highest BCUT2D eigenvalue weighted by Gasteiger charge is 2.05. The summed E-state index contributed by atoms with van der Waals surface area (Å²) in [7, 11) is 0. The van der Waals surface area contributed by atoms with Crippen molar-refractivity contribution in [2.75, 3.05) is 0 Å². The van der Waals surface area contributed by atoms with E-state index in [9.17, 15) is 0 Å². The lowest BCUT2D eigenvalue weighted by molar-refractivity contribution is 0.427. The van der Waals surface area contributed by atoms with Crippen LogP contribution < -0.4 is 0 Å². The van der Waals surface area contributed by atoms with Gasteiger partial charge in [-0.05, 0) is 17.0 Å². The highest BCUT2D eigenvalue weighted by atomic mass is 15.6. The van der Waals surface area contributed by atoms with E-state index in [1.165, 1.54) is 0 Å². The predicted molar refractivity (Wildman–Crippen MR) is 51.2 cm³/mol. The first-order valence-electron chi connectivity index (χ1n) is 4.84. The van der Waals surface area contributed by atoms with Gasteiger partial charge in [0.2, 0.25) is 0 Å². The van der Waals surface area contributed by atoms with Gasteiger partial charge < -0.3 is 0 Å².